The van der Waals surface area contributed by atoms with Gasteiger partial charge in [0, 0.05) is 6.42 Å². The van der Waals surface area contributed by atoms with Crippen LogP contribution in [0.3, 0.4) is 0 Å². The molecule has 0 amide bonds. The first-order chi connectivity index (χ1) is 13.2. The van der Waals surface area contributed by atoms with E-state index in [2.05, 4.69) is 0 Å². The van der Waals surface area contributed by atoms with Crippen molar-refractivity contribution in [1.82, 2.24) is 0 Å². The summed E-state index contributed by atoms with van der Waals surface area (Å²) in [6.45, 7) is 0.195. The fourth-order valence-electron chi connectivity index (χ4n) is 3.08. The molecule has 0 aliphatic heterocycles. The van der Waals surface area contributed by atoms with Crippen molar-refractivity contribution < 1.29 is 19.7 Å². The first-order valence-electron chi connectivity index (χ1n) is 8.92. The van der Waals surface area contributed by atoms with E-state index in [4.69, 9.17) is 14.9 Å². The molecule has 0 fully saturated rings. The van der Waals surface area contributed by atoms with E-state index < -0.39 is 11.6 Å². The highest BCUT2D eigenvalue weighted by atomic mass is 17.2. The summed E-state index contributed by atoms with van der Waals surface area (Å²) in [4.78, 5) is 22.4. The van der Waals surface area contributed by atoms with Crippen LogP contribution in [0.25, 0.3) is 0 Å². The molecule has 4 heteroatoms. The average Bonchev–Trinajstić information content (AvgIpc) is 2.73. The summed E-state index contributed by atoms with van der Waals surface area (Å²) in [6.07, 6.45) is 0.419. The first-order valence-corrected chi connectivity index (χ1v) is 8.92. The Bertz CT molecular complexity index is 735. The van der Waals surface area contributed by atoms with Crippen LogP contribution in [0.15, 0.2) is 91.0 Å². The maximum Gasteiger partial charge on any atom is 0.303 e. The SMILES string of the molecule is O=C(O)CCCOOC(c1ccccc1)(c1ccccc1)c1ccccc1. The standard InChI is InChI=1S/C23H22O4/c24-22(25)17-10-18-26-27-23(19-11-4-1-5-12-19,20-13-6-2-7-14-20)21-15-8-3-9-16-21/h1-9,11-16H,10,17-18H2,(H,24,25). The minimum atomic E-state index is -0.951. The second kappa shape index (κ2) is 9.12. The van der Waals surface area contributed by atoms with Gasteiger partial charge in [0.2, 0.25) is 0 Å². The molecule has 0 unspecified atom stereocenters. The lowest BCUT2D eigenvalue weighted by Gasteiger charge is -2.34. The molecule has 0 spiro atoms. The molecule has 0 saturated heterocycles. The van der Waals surface area contributed by atoms with E-state index in [1.807, 2.05) is 91.0 Å². The summed E-state index contributed by atoms with van der Waals surface area (Å²) in [6, 6.07) is 29.6. The van der Waals surface area contributed by atoms with Gasteiger partial charge in [-0.05, 0) is 23.1 Å². The van der Waals surface area contributed by atoms with E-state index >= 15 is 0 Å². The van der Waals surface area contributed by atoms with Gasteiger partial charge in [-0.3, -0.25) is 4.79 Å². The predicted octanol–water partition coefficient (Wildman–Crippen LogP) is 4.79. The van der Waals surface area contributed by atoms with Crippen LogP contribution >= 0.6 is 0 Å². The third kappa shape index (κ3) is 4.42. The van der Waals surface area contributed by atoms with Crippen molar-refractivity contribution in [2.45, 2.75) is 18.4 Å². The lowest BCUT2D eigenvalue weighted by molar-refractivity contribution is -0.345. The van der Waals surface area contributed by atoms with Gasteiger partial charge in [-0.2, -0.15) is 0 Å². The second-order valence-corrected chi connectivity index (χ2v) is 6.18. The molecule has 27 heavy (non-hydrogen) atoms. The third-order valence-corrected chi connectivity index (χ3v) is 4.34. The van der Waals surface area contributed by atoms with E-state index in [-0.39, 0.29) is 13.0 Å². The Morgan fingerprint density at radius 1 is 0.741 bits per heavy atom. The summed E-state index contributed by atoms with van der Waals surface area (Å²) < 4.78 is 0. The smallest absolute Gasteiger partial charge is 0.303 e. The molecule has 0 atom stereocenters. The van der Waals surface area contributed by atoms with E-state index in [9.17, 15) is 4.79 Å². The molecule has 1 N–H and O–H groups in total. The zero-order valence-corrected chi connectivity index (χ0v) is 15.0. The van der Waals surface area contributed by atoms with Crippen molar-refractivity contribution in [3.8, 4) is 0 Å². The summed E-state index contributed by atoms with van der Waals surface area (Å²) in [5.41, 5.74) is 1.84. The quantitative estimate of drug-likeness (QED) is 0.257. The van der Waals surface area contributed by atoms with Crippen LogP contribution in [0.1, 0.15) is 29.5 Å². The van der Waals surface area contributed by atoms with Crippen molar-refractivity contribution in [2.24, 2.45) is 0 Å². The van der Waals surface area contributed by atoms with E-state index in [1.165, 1.54) is 0 Å². The van der Waals surface area contributed by atoms with Crippen molar-refractivity contribution in [3.63, 3.8) is 0 Å². The van der Waals surface area contributed by atoms with Crippen LogP contribution in [0.2, 0.25) is 0 Å². The largest absolute Gasteiger partial charge is 0.481 e. The Kier molecular flexibility index (Phi) is 6.36. The van der Waals surface area contributed by atoms with Gasteiger partial charge >= 0.3 is 5.97 Å². The lowest BCUT2D eigenvalue weighted by atomic mass is 9.80. The highest BCUT2D eigenvalue weighted by Gasteiger charge is 2.39. The number of carboxylic acid groups (broad SMARTS) is 1. The average molecular weight is 362 g/mol. The number of hydrogen-bond donors (Lipinski definition) is 1. The third-order valence-electron chi connectivity index (χ3n) is 4.34. The van der Waals surface area contributed by atoms with Gasteiger partial charge in [0.1, 0.15) is 0 Å². The maximum absolute atomic E-state index is 10.7. The summed E-state index contributed by atoms with van der Waals surface area (Å²) >= 11 is 0. The molecule has 138 valence electrons. The van der Waals surface area contributed by atoms with Crippen LogP contribution in [-0.2, 0) is 20.2 Å². The van der Waals surface area contributed by atoms with E-state index in [0.29, 0.717) is 6.42 Å². The molecular formula is C23H22O4. The molecular weight excluding hydrogens is 340 g/mol. The molecule has 0 aromatic heterocycles. The number of rotatable bonds is 9. The highest BCUT2D eigenvalue weighted by Crippen LogP contribution is 2.40. The zero-order chi connectivity index (χ0) is 19.0. The lowest BCUT2D eigenvalue weighted by Crippen LogP contribution is -2.33. The fourth-order valence-corrected chi connectivity index (χ4v) is 3.08. The molecule has 3 rings (SSSR count). The highest BCUT2D eigenvalue weighted by molar-refractivity contribution is 5.66. The number of carbonyl (C=O) groups is 1. The molecule has 0 aliphatic carbocycles. The monoisotopic (exact) mass is 362 g/mol. The van der Waals surface area contributed by atoms with E-state index in [0.717, 1.165) is 16.7 Å². The van der Waals surface area contributed by atoms with Crippen LogP contribution in [0.4, 0.5) is 0 Å². The molecule has 3 aromatic carbocycles. The zero-order valence-electron chi connectivity index (χ0n) is 15.0. The Morgan fingerprint density at radius 3 is 1.52 bits per heavy atom. The van der Waals surface area contributed by atoms with Crippen LogP contribution in [0, 0.1) is 0 Å². The Labute approximate surface area is 158 Å². The number of hydrogen-bond acceptors (Lipinski definition) is 3. The Morgan fingerprint density at radius 2 is 1.15 bits per heavy atom. The summed E-state index contributed by atoms with van der Waals surface area (Å²) in [5.74, 6) is -0.848. The molecule has 0 aliphatic rings. The minimum absolute atomic E-state index is 0.0401. The predicted molar refractivity (Wildman–Crippen MR) is 103 cm³/mol. The van der Waals surface area contributed by atoms with Gasteiger partial charge in [0.05, 0.1) is 6.61 Å². The van der Waals surface area contributed by atoms with E-state index in [1.54, 1.807) is 0 Å². The number of carboxylic acids is 1. The summed E-state index contributed by atoms with van der Waals surface area (Å²) in [7, 11) is 0. The first kappa shape index (κ1) is 18.8. The number of aliphatic carboxylic acids is 1. The van der Waals surface area contributed by atoms with Crippen molar-refractivity contribution >= 4 is 5.97 Å². The Hall–Kier alpha value is -2.95. The van der Waals surface area contributed by atoms with Gasteiger partial charge < -0.3 is 5.11 Å². The van der Waals surface area contributed by atoms with Gasteiger partial charge in [-0.1, -0.05) is 91.0 Å². The minimum Gasteiger partial charge on any atom is -0.481 e. The van der Waals surface area contributed by atoms with Gasteiger partial charge in [-0.25, -0.2) is 9.78 Å². The molecule has 3 aromatic rings. The Balaban J connectivity index is 2.02. The van der Waals surface area contributed by atoms with Crippen LogP contribution in [-0.4, -0.2) is 17.7 Å². The van der Waals surface area contributed by atoms with Crippen molar-refractivity contribution in [2.75, 3.05) is 6.61 Å². The van der Waals surface area contributed by atoms with Gasteiger partial charge in [-0.15, -0.1) is 0 Å². The fraction of sp³-hybridized carbons (Fsp3) is 0.174. The van der Waals surface area contributed by atoms with Crippen LogP contribution < -0.4 is 0 Å². The topological polar surface area (TPSA) is 55.8 Å². The molecule has 0 heterocycles. The summed E-state index contributed by atoms with van der Waals surface area (Å²) in [5, 5.41) is 8.81. The second-order valence-electron chi connectivity index (χ2n) is 6.18. The van der Waals surface area contributed by atoms with Gasteiger partial charge in [0.15, 0.2) is 5.60 Å². The number of benzene rings is 3. The molecule has 4 nitrogen and oxygen atoms in total. The molecule has 0 saturated carbocycles. The normalized spacial score (nSPS) is 11.3. The molecule has 0 bridgehead atoms. The van der Waals surface area contributed by atoms with Crippen LogP contribution in [0.5, 0.6) is 0 Å². The van der Waals surface area contributed by atoms with Gasteiger partial charge in [0.25, 0.3) is 0 Å². The molecule has 0 radical (unpaired) electrons. The van der Waals surface area contributed by atoms with Crippen molar-refractivity contribution in [1.29, 1.82) is 0 Å². The maximum atomic E-state index is 10.7. The van der Waals surface area contributed by atoms with Crippen molar-refractivity contribution in [3.05, 3.63) is 108 Å².